The second-order valence-electron chi connectivity index (χ2n) is 8.32. The third kappa shape index (κ3) is 5.69. The van der Waals surface area contributed by atoms with Crippen molar-refractivity contribution in [3.8, 4) is 5.75 Å². The Labute approximate surface area is 190 Å². The Kier molecular flexibility index (Phi) is 7.79. The van der Waals surface area contributed by atoms with E-state index in [0.29, 0.717) is 11.4 Å². The van der Waals surface area contributed by atoms with Crippen molar-refractivity contribution in [2.24, 2.45) is 0 Å². The summed E-state index contributed by atoms with van der Waals surface area (Å²) in [6.07, 6.45) is 4.99. The SMILES string of the molecule is COc1ccccc1N1CCN(CCCNc2ncccc2C(=O)NN2CCCC2)CC1. The van der Waals surface area contributed by atoms with Crippen LogP contribution in [0.3, 0.4) is 0 Å². The fraction of sp³-hybridized carbons (Fsp3) is 0.500. The first-order valence-corrected chi connectivity index (χ1v) is 11.6. The van der Waals surface area contributed by atoms with E-state index in [2.05, 4.69) is 37.7 Å². The molecule has 0 spiro atoms. The molecule has 1 amide bonds. The topological polar surface area (TPSA) is 73.0 Å². The molecule has 2 aliphatic rings. The van der Waals surface area contributed by atoms with Gasteiger partial charge in [0.15, 0.2) is 0 Å². The number of hydrogen-bond donors (Lipinski definition) is 2. The van der Waals surface area contributed by atoms with Gasteiger partial charge in [0.1, 0.15) is 11.6 Å². The number of amides is 1. The molecular weight excluding hydrogens is 404 g/mol. The van der Waals surface area contributed by atoms with Crippen molar-refractivity contribution in [1.29, 1.82) is 0 Å². The van der Waals surface area contributed by atoms with E-state index in [1.54, 1.807) is 13.3 Å². The van der Waals surface area contributed by atoms with E-state index in [4.69, 9.17) is 4.74 Å². The highest BCUT2D eigenvalue weighted by molar-refractivity contribution is 5.98. The van der Waals surface area contributed by atoms with Gasteiger partial charge in [-0.2, -0.15) is 0 Å². The van der Waals surface area contributed by atoms with Crippen molar-refractivity contribution in [2.75, 3.05) is 69.7 Å². The van der Waals surface area contributed by atoms with Gasteiger partial charge in [-0.15, -0.1) is 0 Å². The summed E-state index contributed by atoms with van der Waals surface area (Å²) in [7, 11) is 1.73. The molecule has 2 N–H and O–H groups in total. The first-order chi connectivity index (χ1) is 15.7. The van der Waals surface area contributed by atoms with Gasteiger partial charge in [-0.25, -0.2) is 9.99 Å². The first kappa shape index (κ1) is 22.4. The Hall–Kier alpha value is -2.84. The summed E-state index contributed by atoms with van der Waals surface area (Å²) in [4.78, 5) is 21.9. The summed E-state index contributed by atoms with van der Waals surface area (Å²) in [5.41, 5.74) is 4.77. The molecule has 172 valence electrons. The van der Waals surface area contributed by atoms with Gasteiger partial charge in [0.25, 0.3) is 5.91 Å². The number of anilines is 2. The second-order valence-corrected chi connectivity index (χ2v) is 8.32. The lowest BCUT2D eigenvalue weighted by Crippen LogP contribution is -2.47. The molecule has 2 aromatic rings. The maximum Gasteiger partial charge on any atom is 0.269 e. The Morgan fingerprint density at radius 1 is 1.03 bits per heavy atom. The maximum atomic E-state index is 12.6. The highest BCUT2D eigenvalue weighted by atomic mass is 16.5. The molecule has 0 saturated carbocycles. The van der Waals surface area contributed by atoms with E-state index in [9.17, 15) is 4.79 Å². The molecular formula is C24H34N6O2. The molecule has 0 aliphatic carbocycles. The number of carbonyl (C=O) groups excluding carboxylic acids is 1. The lowest BCUT2D eigenvalue weighted by molar-refractivity contribution is 0.0826. The van der Waals surface area contributed by atoms with Crippen LogP contribution in [0.2, 0.25) is 0 Å². The highest BCUT2D eigenvalue weighted by Crippen LogP contribution is 2.28. The molecule has 1 aromatic carbocycles. The number of methoxy groups -OCH3 is 1. The van der Waals surface area contributed by atoms with Gasteiger partial charge in [-0.3, -0.25) is 15.1 Å². The number of benzene rings is 1. The van der Waals surface area contributed by atoms with Crippen LogP contribution in [0.1, 0.15) is 29.6 Å². The van der Waals surface area contributed by atoms with Crippen molar-refractivity contribution in [1.82, 2.24) is 20.3 Å². The van der Waals surface area contributed by atoms with E-state index in [0.717, 1.165) is 77.4 Å². The lowest BCUT2D eigenvalue weighted by Gasteiger charge is -2.36. The standard InChI is InChI=1S/C24H34N6O2/c1-32-22-10-3-2-9-21(22)29-18-16-28(17-19-29)13-7-12-26-23-20(8-6-11-25-23)24(31)27-30-14-4-5-15-30/h2-3,6,8-11H,4-5,7,12-19H2,1H3,(H,25,26)(H,27,31). The summed E-state index contributed by atoms with van der Waals surface area (Å²) >= 11 is 0. The van der Waals surface area contributed by atoms with E-state index in [1.807, 2.05) is 29.3 Å². The molecule has 1 aromatic heterocycles. The van der Waals surface area contributed by atoms with E-state index in [-0.39, 0.29) is 5.91 Å². The Balaban J connectivity index is 1.20. The number of hydrogen-bond acceptors (Lipinski definition) is 7. The third-order valence-electron chi connectivity index (χ3n) is 6.16. The summed E-state index contributed by atoms with van der Waals surface area (Å²) in [6.45, 7) is 7.70. The minimum atomic E-state index is -0.0880. The Morgan fingerprint density at radius 3 is 2.59 bits per heavy atom. The number of rotatable bonds is 9. The largest absolute Gasteiger partial charge is 0.495 e. The zero-order valence-corrected chi connectivity index (χ0v) is 18.9. The average molecular weight is 439 g/mol. The Bertz CT molecular complexity index is 878. The molecule has 0 bridgehead atoms. The van der Waals surface area contributed by atoms with Gasteiger partial charge in [0.2, 0.25) is 0 Å². The summed E-state index contributed by atoms with van der Waals surface area (Å²) < 4.78 is 5.51. The molecule has 2 saturated heterocycles. The van der Waals surface area contributed by atoms with Gasteiger partial charge in [0, 0.05) is 52.0 Å². The molecule has 8 heteroatoms. The van der Waals surface area contributed by atoms with Crippen LogP contribution in [-0.2, 0) is 0 Å². The summed E-state index contributed by atoms with van der Waals surface area (Å²) in [5, 5.41) is 5.35. The number of ether oxygens (including phenoxy) is 1. The predicted molar refractivity (Wildman–Crippen MR) is 127 cm³/mol. The quantitative estimate of drug-likeness (QED) is 0.583. The number of pyridine rings is 1. The fourth-order valence-corrected chi connectivity index (χ4v) is 4.38. The van der Waals surface area contributed by atoms with E-state index in [1.165, 1.54) is 5.69 Å². The smallest absolute Gasteiger partial charge is 0.269 e. The fourth-order valence-electron chi connectivity index (χ4n) is 4.38. The number of aromatic nitrogens is 1. The molecule has 2 aliphatic heterocycles. The third-order valence-corrected chi connectivity index (χ3v) is 6.16. The van der Waals surface area contributed by atoms with Crippen LogP contribution in [0.25, 0.3) is 0 Å². The number of hydrazine groups is 1. The predicted octanol–water partition coefficient (Wildman–Crippen LogP) is 2.46. The van der Waals surface area contributed by atoms with Gasteiger partial charge in [-0.1, -0.05) is 12.1 Å². The lowest BCUT2D eigenvalue weighted by atomic mass is 10.2. The number of carbonyl (C=O) groups is 1. The van der Waals surface area contributed by atoms with Crippen molar-refractivity contribution in [2.45, 2.75) is 19.3 Å². The monoisotopic (exact) mass is 438 g/mol. The second kappa shape index (κ2) is 11.2. The zero-order chi connectivity index (χ0) is 22.2. The number of nitrogens with one attached hydrogen (secondary N) is 2. The molecule has 0 unspecified atom stereocenters. The number of piperazine rings is 1. The number of para-hydroxylation sites is 2. The van der Waals surface area contributed by atoms with Crippen LogP contribution in [-0.4, -0.2) is 80.3 Å². The zero-order valence-electron chi connectivity index (χ0n) is 18.9. The molecule has 0 atom stereocenters. The van der Waals surface area contributed by atoms with Crippen molar-refractivity contribution in [3.63, 3.8) is 0 Å². The summed E-state index contributed by atoms with van der Waals surface area (Å²) in [5.74, 6) is 1.50. The Morgan fingerprint density at radius 2 is 1.81 bits per heavy atom. The molecule has 0 radical (unpaired) electrons. The molecule has 32 heavy (non-hydrogen) atoms. The van der Waals surface area contributed by atoms with Crippen LogP contribution in [0.4, 0.5) is 11.5 Å². The molecule has 8 nitrogen and oxygen atoms in total. The van der Waals surface area contributed by atoms with Crippen LogP contribution >= 0.6 is 0 Å². The van der Waals surface area contributed by atoms with E-state index >= 15 is 0 Å². The highest BCUT2D eigenvalue weighted by Gasteiger charge is 2.20. The normalized spacial score (nSPS) is 17.3. The van der Waals surface area contributed by atoms with E-state index < -0.39 is 0 Å². The molecule has 2 fully saturated rings. The van der Waals surface area contributed by atoms with Gasteiger partial charge in [0.05, 0.1) is 18.4 Å². The average Bonchev–Trinajstić information content (AvgIpc) is 3.35. The minimum absolute atomic E-state index is 0.0880. The molecule has 3 heterocycles. The van der Waals surface area contributed by atoms with Crippen molar-refractivity contribution in [3.05, 3.63) is 48.2 Å². The van der Waals surface area contributed by atoms with Crippen LogP contribution < -0.4 is 20.4 Å². The maximum absolute atomic E-state index is 12.6. The van der Waals surface area contributed by atoms with Crippen LogP contribution in [0.15, 0.2) is 42.6 Å². The molecule has 4 rings (SSSR count). The van der Waals surface area contributed by atoms with Crippen LogP contribution in [0, 0.1) is 0 Å². The van der Waals surface area contributed by atoms with Gasteiger partial charge >= 0.3 is 0 Å². The summed E-state index contributed by atoms with van der Waals surface area (Å²) in [6, 6.07) is 11.9. The van der Waals surface area contributed by atoms with Gasteiger partial charge in [-0.05, 0) is 50.1 Å². The van der Waals surface area contributed by atoms with Crippen molar-refractivity contribution < 1.29 is 9.53 Å². The first-order valence-electron chi connectivity index (χ1n) is 11.6. The minimum Gasteiger partial charge on any atom is -0.495 e. The van der Waals surface area contributed by atoms with Crippen LogP contribution in [0.5, 0.6) is 5.75 Å². The number of nitrogens with zero attached hydrogens (tertiary/aromatic N) is 4. The van der Waals surface area contributed by atoms with Crippen molar-refractivity contribution >= 4 is 17.4 Å². The van der Waals surface area contributed by atoms with Gasteiger partial charge < -0.3 is 15.0 Å².